The van der Waals surface area contributed by atoms with Crippen LogP contribution in [0.2, 0.25) is 0 Å². The molecule has 0 N–H and O–H groups in total. The normalized spacial score (nSPS) is 11.5. The van der Waals surface area contributed by atoms with Crippen LogP contribution in [0.15, 0.2) is 48.5 Å². The number of Topliss-reactive ketones (excluding diaryl/α,β-unsaturated/α-hetero) is 2. The Kier molecular flexibility index (Phi) is 4.19. The fourth-order valence-corrected chi connectivity index (χ4v) is 1.83. The average molecular weight is 285 g/mol. The van der Waals surface area contributed by atoms with E-state index in [-0.39, 0.29) is 11.1 Å². The van der Waals surface area contributed by atoms with Gasteiger partial charge < -0.3 is 0 Å². The third kappa shape index (κ3) is 3.00. The maximum Gasteiger partial charge on any atom is 0.190 e. The molecular weight excluding hydrogens is 276 g/mol. The number of hydrogen-bond acceptors (Lipinski definition) is 3. The Morgan fingerprint density at radius 1 is 0.952 bits per heavy atom. The molecule has 0 unspecified atom stereocenters. The Morgan fingerprint density at radius 3 is 2.14 bits per heavy atom. The van der Waals surface area contributed by atoms with Crippen LogP contribution in [0, 0.1) is 28.9 Å². The number of benzene rings is 2. The van der Waals surface area contributed by atoms with E-state index in [4.69, 9.17) is 5.26 Å². The summed E-state index contributed by atoms with van der Waals surface area (Å²) in [5, 5.41) is 9.05. The smallest absolute Gasteiger partial charge is 0.190 e. The summed E-state index contributed by atoms with van der Waals surface area (Å²) in [5.74, 6) is -4.70. The average Bonchev–Trinajstić information content (AvgIpc) is 2.49. The molecule has 0 aliphatic rings. The van der Waals surface area contributed by atoms with E-state index in [9.17, 15) is 18.4 Å². The second-order valence-corrected chi connectivity index (χ2v) is 4.28. The Bertz CT molecular complexity index is 733. The number of carbonyl (C=O) groups is 2. The van der Waals surface area contributed by atoms with Gasteiger partial charge in [0.15, 0.2) is 17.5 Å². The molecule has 3 nitrogen and oxygen atoms in total. The van der Waals surface area contributed by atoms with Gasteiger partial charge in [-0.05, 0) is 36.4 Å². The van der Waals surface area contributed by atoms with Gasteiger partial charge in [-0.15, -0.1) is 0 Å². The summed E-state index contributed by atoms with van der Waals surface area (Å²) in [5.41, 5.74) is -0.299. The first-order valence-electron chi connectivity index (χ1n) is 6.02. The third-order valence-corrected chi connectivity index (χ3v) is 2.92. The van der Waals surface area contributed by atoms with E-state index in [0.717, 1.165) is 18.2 Å². The van der Waals surface area contributed by atoms with E-state index >= 15 is 0 Å². The van der Waals surface area contributed by atoms with E-state index in [1.54, 1.807) is 6.07 Å². The highest BCUT2D eigenvalue weighted by Gasteiger charge is 2.29. The first kappa shape index (κ1) is 14.5. The zero-order chi connectivity index (χ0) is 15.4. The van der Waals surface area contributed by atoms with Gasteiger partial charge in [0.1, 0.15) is 11.6 Å². The molecule has 2 rings (SSSR count). The van der Waals surface area contributed by atoms with Crippen LogP contribution in [-0.2, 0) is 0 Å². The van der Waals surface area contributed by atoms with Crippen molar-refractivity contribution in [2.24, 2.45) is 5.92 Å². The standard InChI is InChI=1S/C16H9F2NO2/c17-11-7-5-10(6-8-11)15(20)13(9-19)16(21)12-3-1-2-4-14(12)18/h1-8,13H/t13-/m1/s1. The summed E-state index contributed by atoms with van der Waals surface area (Å²) in [6, 6.07) is 11.2. The van der Waals surface area contributed by atoms with Crippen LogP contribution in [0.1, 0.15) is 20.7 Å². The largest absolute Gasteiger partial charge is 0.292 e. The molecule has 0 fully saturated rings. The van der Waals surface area contributed by atoms with Crippen LogP contribution in [0.3, 0.4) is 0 Å². The molecule has 0 heterocycles. The van der Waals surface area contributed by atoms with E-state index in [0.29, 0.717) is 0 Å². The van der Waals surface area contributed by atoms with Crippen LogP contribution >= 0.6 is 0 Å². The highest BCUT2D eigenvalue weighted by Crippen LogP contribution is 2.17. The van der Waals surface area contributed by atoms with Crippen molar-refractivity contribution in [1.29, 1.82) is 5.26 Å². The van der Waals surface area contributed by atoms with Crippen LogP contribution in [0.4, 0.5) is 8.78 Å². The quantitative estimate of drug-likeness (QED) is 0.640. The van der Waals surface area contributed by atoms with E-state index in [1.807, 2.05) is 0 Å². The van der Waals surface area contributed by atoms with Gasteiger partial charge in [0.25, 0.3) is 0 Å². The van der Waals surface area contributed by atoms with Crippen LogP contribution in [0.5, 0.6) is 0 Å². The van der Waals surface area contributed by atoms with Crippen molar-refractivity contribution in [2.45, 2.75) is 0 Å². The molecule has 1 atom stereocenters. The maximum atomic E-state index is 13.6. The van der Waals surface area contributed by atoms with Gasteiger partial charge in [-0.1, -0.05) is 12.1 Å². The van der Waals surface area contributed by atoms with Crippen LogP contribution < -0.4 is 0 Å². The Hall–Kier alpha value is -2.87. The molecule has 21 heavy (non-hydrogen) atoms. The summed E-state index contributed by atoms with van der Waals surface area (Å²) in [7, 11) is 0. The Labute approximate surface area is 119 Å². The molecule has 0 aliphatic heterocycles. The van der Waals surface area contributed by atoms with Crippen LogP contribution in [0.25, 0.3) is 0 Å². The molecule has 0 aromatic heterocycles. The second-order valence-electron chi connectivity index (χ2n) is 4.28. The van der Waals surface area contributed by atoms with Crippen LogP contribution in [-0.4, -0.2) is 11.6 Å². The number of nitriles is 1. The zero-order valence-corrected chi connectivity index (χ0v) is 10.7. The number of rotatable bonds is 4. The van der Waals surface area contributed by atoms with Crippen molar-refractivity contribution in [3.63, 3.8) is 0 Å². The highest BCUT2D eigenvalue weighted by molar-refractivity contribution is 6.18. The molecular formula is C16H9F2NO2. The van der Waals surface area contributed by atoms with Crippen molar-refractivity contribution in [1.82, 2.24) is 0 Å². The second kappa shape index (κ2) is 6.06. The van der Waals surface area contributed by atoms with Crippen molar-refractivity contribution < 1.29 is 18.4 Å². The topological polar surface area (TPSA) is 57.9 Å². The van der Waals surface area contributed by atoms with E-state index < -0.39 is 29.1 Å². The molecule has 0 bridgehead atoms. The minimum Gasteiger partial charge on any atom is -0.292 e. The number of hydrogen-bond donors (Lipinski definition) is 0. The molecule has 2 aromatic carbocycles. The fourth-order valence-electron chi connectivity index (χ4n) is 1.83. The molecule has 0 radical (unpaired) electrons. The van der Waals surface area contributed by atoms with Gasteiger partial charge in [-0.25, -0.2) is 8.78 Å². The molecule has 0 saturated heterocycles. The molecule has 0 spiro atoms. The highest BCUT2D eigenvalue weighted by atomic mass is 19.1. The van der Waals surface area contributed by atoms with Gasteiger partial charge in [0.2, 0.25) is 0 Å². The number of halogens is 2. The molecule has 0 amide bonds. The molecule has 2 aromatic rings. The summed E-state index contributed by atoms with van der Waals surface area (Å²) >= 11 is 0. The zero-order valence-electron chi connectivity index (χ0n) is 10.7. The predicted molar refractivity (Wildman–Crippen MR) is 70.6 cm³/mol. The SMILES string of the molecule is N#C[C@H](C(=O)c1ccc(F)cc1)C(=O)c1ccccc1F. The van der Waals surface area contributed by atoms with E-state index in [2.05, 4.69) is 0 Å². The van der Waals surface area contributed by atoms with Crippen molar-refractivity contribution in [3.05, 3.63) is 71.3 Å². The summed E-state index contributed by atoms with van der Waals surface area (Å²) in [4.78, 5) is 24.2. The lowest BCUT2D eigenvalue weighted by Gasteiger charge is -2.08. The minimum absolute atomic E-state index is 0.0210. The first-order chi connectivity index (χ1) is 10.0. The number of ketones is 2. The molecule has 104 valence electrons. The Balaban J connectivity index is 2.34. The number of nitrogens with zero attached hydrogens (tertiary/aromatic N) is 1. The lowest BCUT2D eigenvalue weighted by molar-refractivity contribution is 0.0843. The van der Waals surface area contributed by atoms with Gasteiger partial charge >= 0.3 is 0 Å². The monoisotopic (exact) mass is 285 g/mol. The molecule has 5 heteroatoms. The van der Waals surface area contributed by atoms with Gasteiger partial charge in [0, 0.05) is 5.56 Å². The van der Waals surface area contributed by atoms with Gasteiger partial charge in [-0.3, -0.25) is 9.59 Å². The first-order valence-corrected chi connectivity index (χ1v) is 6.02. The predicted octanol–water partition coefficient (Wildman–Crippen LogP) is 3.17. The number of carbonyl (C=O) groups excluding carboxylic acids is 2. The molecule has 0 saturated carbocycles. The maximum absolute atomic E-state index is 13.6. The summed E-state index contributed by atoms with van der Waals surface area (Å²) in [6.45, 7) is 0. The van der Waals surface area contributed by atoms with Crippen molar-refractivity contribution in [2.75, 3.05) is 0 Å². The van der Waals surface area contributed by atoms with Gasteiger partial charge in [-0.2, -0.15) is 5.26 Å². The van der Waals surface area contributed by atoms with Crippen molar-refractivity contribution >= 4 is 11.6 Å². The lowest BCUT2D eigenvalue weighted by Crippen LogP contribution is -2.23. The van der Waals surface area contributed by atoms with Crippen molar-refractivity contribution in [3.8, 4) is 6.07 Å². The van der Waals surface area contributed by atoms with Gasteiger partial charge in [0.05, 0.1) is 11.6 Å². The molecule has 0 aliphatic carbocycles. The fraction of sp³-hybridized carbons (Fsp3) is 0.0625. The van der Waals surface area contributed by atoms with E-state index in [1.165, 1.54) is 30.3 Å². The Morgan fingerprint density at radius 2 is 1.57 bits per heavy atom. The summed E-state index contributed by atoms with van der Waals surface area (Å²) < 4.78 is 26.4. The lowest BCUT2D eigenvalue weighted by atomic mass is 9.91. The minimum atomic E-state index is -1.66. The third-order valence-electron chi connectivity index (χ3n) is 2.92. The summed E-state index contributed by atoms with van der Waals surface area (Å²) in [6.07, 6.45) is 0.